The molecule has 1 heterocycles. The summed E-state index contributed by atoms with van der Waals surface area (Å²) in [5, 5.41) is 4.76. The first-order valence-electron chi connectivity index (χ1n) is 7.33. The van der Waals surface area contributed by atoms with Gasteiger partial charge in [-0.25, -0.2) is 0 Å². The van der Waals surface area contributed by atoms with Gasteiger partial charge in [0.1, 0.15) is 0 Å². The molecule has 1 aromatic rings. The summed E-state index contributed by atoms with van der Waals surface area (Å²) >= 11 is 12.3. The van der Waals surface area contributed by atoms with Crippen LogP contribution in [0.5, 0.6) is 0 Å². The summed E-state index contributed by atoms with van der Waals surface area (Å²) in [5.41, 5.74) is 1.57. The van der Waals surface area contributed by atoms with Crippen molar-refractivity contribution in [1.29, 1.82) is 0 Å². The standard InChI is InChI=1S/C16H21Cl2NO.ClH/c1-10(2)20-6-5-16(12-8-19-9-13(12)16)11-3-4-14(17)15(18)7-11;/h3-4,7,10,12-13,19H,5-6,8-9H2,1-2H3;1H/t12-,13+,16-;. The van der Waals surface area contributed by atoms with Gasteiger partial charge >= 0.3 is 0 Å². The molecule has 0 aromatic heterocycles. The second-order valence-electron chi connectivity index (χ2n) is 6.21. The Morgan fingerprint density at radius 3 is 2.48 bits per heavy atom. The molecule has 21 heavy (non-hydrogen) atoms. The molecular weight excluding hydrogens is 329 g/mol. The summed E-state index contributed by atoms with van der Waals surface area (Å²) in [6.45, 7) is 7.19. The third kappa shape index (κ3) is 3.07. The average molecular weight is 351 g/mol. The summed E-state index contributed by atoms with van der Waals surface area (Å²) in [4.78, 5) is 0. The lowest BCUT2D eigenvalue weighted by atomic mass is 9.87. The van der Waals surface area contributed by atoms with Crippen molar-refractivity contribution in [1.82, 2.24) is 5.32 Å². The number of benzene rings is 1. The Kier molecular flexibility index (Phi) is 5.49. The van der Waals surface area contributed by atoms with Gasteiger partial charge in [0, 0.05) is 12.0 Å². The molecule has 2 nitrogen and oxygen atoms in total. The van der Waals surface area contributed by atoms with E-state index in [1.165, 1.54) is 5.56 Å². The molecule has 1 aliphatic heterocycles. The predicted octanol–water partition coefficient (Wildman–Crippen LogP) is 4.32. The van der Waals surface area contributed by atoms with Gasteiger partial charge in [0.15, 0.2) is 0 Å². The van der Waals surface area contributed by atoms with E-state index < -0.39 is 0 Å². The quantitative estimate of drug-likeness (QED) is 0.854. The van der Waals surface area contributed by atoms with E-state index in [0.717, 1.165) is 38.0 Å². The highest BCUT2D eigenvalue weighted by Crippen LogP contribution is 2.64. The molecule has 1 saturated carbocycles. The van der Waals surface area contributed by atoms with Gasteiger partial charge in [-0.15, -0.1) is 12.4 Å². The Bertz CT molecular complexity index is 496. The highest BCUT2D eigenvalue weighted by Gasteiger charge is 2.66. The number of ether oxygens (including phenoxy) is 1. The summed E-state index contributed by atoms with van der Waals surface area (Å²) in [6.07, 6.45) is 1.36. The van der Waals surface area contributed by atoms with Gasteiger partial charge in [-0.1, -0.05) is 29.3 Å². The van der Waals surface area contributed by atoms with Gasteiger partial charge in [-0.3, -0.25) is 0 Å². The molecule has 5 heteroatoms. The van der Waals surface area contributed by atoms with E-state index in [1.54, 1.807) is 0 Å². The van der Waals surface area contributed by atoms with Crippen molar-refractivity contribution in [2.24, 2.45) is 11.8 Å². The zero-order valence-corrected chi connectivity index (χ0v) is 14.7. The number of hydrogen-bond donors (Lipinski definition) is 1. The first-order chi connectivity index (χ1) is 9.55. The van der Waals surface area contributed by atoms with E-state index in [-0.39, 0.29) is 23.9 Å². The third-order valence-corrected chi connectivity index (χ3v) is 5.59. The van der Waals surface area contributed by atoms with Gasteiger partial charge in [0.05, 0.1) is 16.1 Å². The van der Waals surface area contributed by atoms with E-state index in [9.17, 15) is 0 Å². The molecule has 1 saturated heterocycles. The van der Waals surface area contributed by atoms with Crippen LogP contribution in [0, 0.1) is 11.8 Å². The largest absolute Gasteiger partial charge is 0.379 e. The lowest BCUT2D eigenvalue weighted by Crippen LogP contribution is -2.27. The molecule has 1 aliphatic carbocycles. The summed E-state index contributed by atoms with van der Waals surface area (Å²) in [7, 11) is 0. The lowest BCUT2D eigenvalue weighted by molar-refractivity contribution is 0.0694. The third-order valence-electron chi connectivity index (χ3n) is 4.85. The molecular formula is C16H22Cl3NO. The van der Waals surface area contributed by atoms with Crippen LogP contribution >= 0.6 is 35.6 Å². The van der Waals surface area contributed by atoms with Crippen molar-refractivity contribution < 1.29 is 4.74 Å². The smallest absolute Gasteiger partial charge is 0.0595 e. The minimum absolute atomic E-state index is 0. The molecule has 0 spiro atoms. The van der Waals surface area contributed by atoms with Gasteiger partial charge in [0.2, 0.25) is 0 Å². The number of hydrogen-bond acceptors (Lipinski definition) is 2. The maximum Gasteiger partial charge on any atom is 0.0595 e. The van der Waals surface area contributed by atoms with E-state index in [0.29, 0.717) is 10.0 Å². The molecule has 1 aromatic carbocycles. The Hall–Kier alpha value is 0.01000. The second-order valence-corrected chi connectivity index (χ2v) is 7.02. The first-order valence-corrected chi connectivity index (χ1v) is 8.09. The Morgan fingerprint density at radius 1 is 1.24 bits per heavy atom. The molecule has 2 aliphatic rings. The van der Waals surface area contributed by atoms with Gasteiger partial charge in [0.25, 0.3) is 0 Å². The molecule has 3 atom stereocenters. The minimum atomic E-state index is 0. The van der Waals surface area contributed by atoms with Crippen LogP contribution in [0.2, 0.25) is 10.0 Å². The Labute approximate surface area is 142 Å². The molecule has 118 valence electrons. The number of rotatable bonds is 5. The topological polar surface area (TPSA) is 21.3 Å². The zero-order chi connectivity index (χ0) is 14.3. The fraction of sp³-hybridized carbons (Fsp3) is 0.625. The van der Waals surface area contributed by atoms with Crippen LogP contribution in [-0.2, 0) is 10.2 Å². The molecule has 0 unspecified atom stereocenters. The molecule has 1 N–H and O–H groups in total. The van der Waals surface area contributed by atoms with Gasteiger partial charge in [-0.05, 0) is 62.9 Å². The van der Waals surface area contributed by atoms with Crippen LogP contribution < -0.4 is 5.32 Å². The van der Waals surface area contributed by atoms with E-state index in [4.69, 9.17) is 27.9 Å². The molecule has 0 radical (unpaired) electrons. The van der Waals surface area contributed by atoms with Crippen LogP contribution in [-0.4, -0.2) is 25.8 Å². The fourth-order valence-corrected chi connectivity index (χ4v) is 4.14. The maximum atomic E-state index is 6.21. The van der Waals surface area contributed by atoms with Crippen LogP contribution in [0.1, 0.15) is 25.8 Å². The highest BCUT2D eigenvalue weighted by atomic mass is 35.5. The first kappa shape index (κ1) is 17.4. The van der Waals surface area contributed by atoms with Crippen molar-refractivity contribution in [3.05, 3.63) is 33.8 Å². The number of piperidine rings is 1. The SMILES string of the molecule is CC(C)OCC[C@@]1(c2ccc(Cl)c(Cl)c2)[C@@H]2CNC[C@@H]21.Cl. The predicted molar refractivity (Wildman–Crippen MR) is 90.9 cm³/mol. The van der Waals surface area contributed by atoms with Crippen LogP contribution in [0.4, 0.5) is 0 Å². The Balaban J connectivity index is 0.00000161. The van der Waals surface area contributed by atoms with Crippen molar-refractivity contribution in [3.63, 3.8) is 0 Å². The van der Waals surface area contributed by atoms with Crippen molar-refractivity contribution in [2.75, 3.05) is 19.7 Å². The van der Waals surface area contributed by atoms with E-state index in [2.05, 4.69) is 31.3 Å². The molecule has 0 bridgehead atoms. The maximum absolute atomic E-state index is 6.21. The Morgan fingerprint density at radius 2 is 1.90 bits per heavy atom. The van der Waals surface area contributed by atoms with Crippen molar-refractivity contribution in [3.8, 4) is 0 Å². The molecule has 2 fully saturated rings. The number of halogens is 3. The van der Waals surface area contributed by atoms with Crippen LogP contribution in [0.3, 0.4) is 0 Å². The van der Waals surface area contributed by atoms with Crippen molar-refractivity contribution >= 4 is 35.6 Å². The fourth-order valence-electron chi connectivity index (χ4n) is 3.84. The second kappa shape index (κ2) is 6.64. The van der Waals surface area contributed by atoms with E-state index >= 15 is 0 Å². The monoisotopic (exact) mass is 349 g/mol. The average Bonchev–Trinajstić information content (AvgIpc) is 2.79. The molecule has 0 amide bonds. The highest BCUT2D eigenvalue weighted by molar-refractivity contribution is 6.42. The summed E-state index contributed by atoms with van der Waals surface area (Å²) < 4.78 is 5.78. The lowest BCUT2D eigenvalue weighted by Gasteiger charge is -2.23. The number of nitrogens with one attached hydrogen (secondary N) is 1. The van der Waals surface area contributed by atoms with Crippen LogP contribution in [0.15, 0.2) is 18.2 Å². The van der Waals surface area contributed by atoms with Gasteiger partial charge < -0.3 is 10.1 Å². The van der Waals surface area contributed by atoms with Gasteiger partial charge in [-0.2, -0.15) is 0 Å². The summed E-state index contributed by atoms with van der Waals surface area (Å²) in [5.74, 6) is 1.44. The minimum Gasteiger partial charge on any atom is -0.379 e. The molecule has 3 rings (SSSR count). The normalized spacial score (nSPS) is 30.1. The van der Waals surface area contributed by atoms with Crippen molar-refractivity contribution in [2.45, 2.75) is 31.8 Å². The zero-order valence-electron chi connectivity index (χ0n) is 12.4. The van der Waals surface area contributed by atoms with E-state index in [1.807, 2.05) is 6.07 Å². The summed E-state index contributed by atoms with van der Waals surface area (Å²) in [6, 6.07) is 6.12. The number of fused-ring (bicyclic) bond motifs is 1. The van der Waals surface area contributed by atoms with Crippen LogP contribution in [0.25, 0.3) is 0 Å².